The molecule has 0 atom stereocenters. The molecule has 1 aromatic rings. The molecule has 3 nitrogen and oxygen atoms in total. The van der Waals surface area contributed by atoms with Gasteiger partial charge in [0.15, 0.2) is 0 Å². The van der Waals surface area contributed by atoms with Gasteiger partial charge in [0.1, 0.15) is 0 Å². The van der Waals surface area contributed by atoms with Crippen LogP contribution in [-0.2, 0) is 0 Å². The minimum atomic E-state index is 0.901. The van der Waals surface area contributed by atoms with E-state index in [-0.39, 0.29) is 0 Å². The van der Waals surface area contributed by atoms with E-state index in [1.54, 1.807) is 0 Å². The highest BCUT2D eigenvalue weighted by Crippen LogP contribution is 2.26. The summed E-state index contributed by atoms with van der Waals surface area (Å²) in [4.78, 5) is 5.18. The fourth-order valence-electron chi connectivity index (χ4n) is 3.56. The van der Waals surface area contributed by atoms with Crippen LogP contribution in [0, 0.1) is 12.8 Å². The molecule has 2 fully saturated rings. The van der Waals surface area contributed by atoms with Gasteiger partial charge in [-0.2, -0.15) is 0 Å². The number of benzene rings is 1. The molecular weight excluding hydrogens is 246 g/mol. The zero-order chi connectivity index (χ0) is 13.9. The SMILES string of the molecule is Cc1cc(N2CCC(CN3CCCC3)CC2)ccc1N. The van der Waals surface area contributed by atoms with Crippen molar-refractivity contribution in [3.05, 3.63) is 23.8 Å². The van der Waals surface area contributed by atoms with Gasteiger partial charge in [-0.15, -0.1) is 0 Å². The van der Waals surface area contributed by atoms with Gasteiger partial charge >= 0.3 is 0 Å². The molecule has 0 unspecified atom stereocenters. The monoisotopic (exact) mass is 273 g/mol. The first-order valence-electron chi connectivity index (χ1n) is 8.06. The van der Waals surface area contributed by atoms with Crippen LogP contribution < -0.4 is 10.6 Å². The first-order chi connectivity index (χ1) is 9.72. The van der Waals surface area contributed by atoms with Crippen molar-refractivity contribution < 1.29 is 0 Å². The first kappa shape index (κ1) is 13.7. The molecule has 2 heterocycles. The molecule has 0 aromatic heterocycles. The number of hydrogen-bond donors (Lipinski definition) is 1. The van der Waals surface area contributed by atoms with Crippen molar-refractivity contribution in [2.75, 3.05) is 43.4 Å². The van der Waals surface area contributed by atoms with Gasteiger partial charge in [0, 0.05) is 31.0 Å². The van der Waals surface area contributed by atoms with Crippen molar-refractivity contribution in [2.24, 2.45) is 5.92 Å². The maximum atomic E-state index is 5.91. The molecule has 0 bridgehead atoms. The highest BCUT2D eigenvalue weighted by atomic mass is 15.2. The van der Waals surface area contributed by atoms with Crippen molar-refractivity contribution in [3.8, 4) is 0 Å². The molecule has 2 aliphatic heterocycles. The van der Waals surface area contributed by atoms with Crippen LogP contribution in [0.1, 0.15) is 31.2 Å². The molecule has 0 radical (unpaired) electrons. The molecule has 0 spiro atoms. The molecule has 3 heteroatoms. The fraction of sp³-hybridized carbons (Fsp3) is 0.647. The van der Waals surface area contributed by atoms with Gasteiger partial charge in [-0.25, -0.2) is 0 Å². The highest BCUT2D eigenvalue weighted by Gasteiger charge is 2.23. The predicted octanol–water partition coefficient (Wildman–Crippen LogP) is 2.89. The maximum Gasteiger partial charge on any atom is 0.0370 e. The van der Waals surface area contributed by atoms with Crippen molar-refractivity contribution in [2.45, 2.75) is 32.6 Å². The molecule has 110 valence electrons. The second kappa shape index (κ2) is 6.04. The summed E-state index contributed by atoms with van der Waals surface area (Å²) in [6, 6.07) is 6.44. The number of likely N-dealkylation sites (tertiary alicyclic amines) is 1. The third-order valence-electron chi connectivity index (χ3n) is 4.95. The topological polar surface area (TPSA) is 32.5 Å². The van der Waals surface area contributed by atoms with Gasteiger partial charge in [0.25, 0.3) is 0 Å². The maximum absolute atomic E-state index is 5.91. The first-order valence-corrected chi connectivity index (χ1v) is 8.06. The van der Waals surface area contributed by atoms with Crippen molar-refractivity contribution >= 4 is 11.4 Å². The molecular formula is C17H27N3. The summed E-state index contributed by atoms with van der Waals surface area (Å²) in [5.41, 5.74) is 9.35. The third-order valence-corrected chi connectivity index (χ3v) is 4.95. The van der Waals surface area contributed by atoms with Gasteiger partial charge in [-0.1, -0.05) is 0 Å². The Morgan fingerprint density at radius 2 is 1.80 bits per heavy atom. The number of nitrogen functional groups attached to an aromatic ring is 1. The number of aryl methyl sites for hydroxylation is 1. The van der Waals surface area contributed by atoms with E-state index in [2.05, 4.69) is 28.9 Å². The molecule has 2 saturated heterocycles. The number of rotatable bonds is 3. The summed E-state index contributed by atoms with van der Waals surface area (Å²) in [7, 11) is 0. The Labute approximate surface area is 122 Å². The van der Waals surface area contributed by atoms with Crippen molar-refractivity contribution in [1.82, 2.24) is 4.90 Å². The van der Waals surface area contributed by atoms with E-state index in [4.69, 9.17) is 5.73 Å². The highest BCUT2D eigenvalue weighted by molar-refractivity contribution is 5.58. The number of hydrogen-bond acceptors (Lipinski definition) is 3. The summed E-state index contributed by atoms with van der Waals surface area (Å²) >= 11 is 0. The summed E-state index contributed by atoms with van der Waals surface area (Å²) in [6.45, 7) is 8.48. The number of nitrogens with zero attached hydrogens (tertiary/aromatic N) is 2. The molecule has 1 aromatic carbocycles. The molecule has 2 N–H and O–H groups in total. The lowest BCUT2D eigenvalue weighted by Crippen LogP contribution is -2.38. The van der Waals surface area contributed by atoms with Crippen LogP contribution in [0.15, 0.2) is 18.2 Å². The lowest BCUT2D eigenvalue weighted by Gasteiger charge is -2.35. The second-order valence-electron chi connectivity index (χ2n) is 6.48. The zero-order valence-electron chi connectivity index (χ0n) is 12.6. The predicted molar refractivity (Wildman–Crippen MR) is 86.2 cm³/mol. The van der Waals surface area contributed by atoms with E-state index in [1.165, 1.54) is 69.7 Å². The van der Waals surface area contributed by atoms with E-state index >= 15 is 0 Å². The van der Waals surface area contributed by atoms with Gasteiger partial charge < -0.3 is 15.5 Å². The van der Waals surface area contributed by atoms with E-state index in [0.29, 0.717) is 0 Å². The third kappa shape index (κ3) is 3.09. The van der Waals surface area contributed by atoms with Gasteiger partial charge in [-0.05, 0) is 75.4 Å². The van der Waals surface area contributed by atoms with Crippen molar-refractivity contribution in [3.63, 3.8) is 0 Å². The summed E-state index contributed by atoms with van der Waals surface area (Å²) in [5.74, 6) is 0.902. The Balaban J connectivity index is 1.53. The molecule has 0 saturated carbocycles. The lowest BCUT2D eigenvalue weighted by molar-refractivity contribution is 0.249. The van der Waals surface area contributed by atoms with Gasteiger partial charge in [-0.3, -0.25) is 0 Å². The van der Waals surface area contributed by atoms with Crippen LogP contribution >= 0.6 is 0 Å². The summed E-state index contributed by atoms with van der Waals surface area (Å²) in [6.07, 6.45) is 5.48. The van der Waals surface area contributed by atoms with Gasteiger partial charge in [0.05, 0.1) is 0 Å². The molecule has 0 aliphatic carbocycles. The average molecular weight is 273 g/mol. The normalized spacial score (nSPS) is 21.6. The Kier molecular flexibility index (Phi) is 4.16. The minimum Gasteiger partial charge on any atom is -0.399 e. The molecule has 20 heavy (non-hydrogen) atoms. The van der Waals surface area contributed by atoms with Crippen LogP contribution in [0.4, 0.5) is 11.4 Å². The second-order valence-corrected chi connectivity index (χ2v) is 6.48. The van der Waals surface area contributed by atoms with E-state index in [9.17, 15) is 0 Å². The number of nitrogens with two attached hydrogens (primary N) is 1. The zero-order valence-corrected chi connectivity index (χ0v) is 12.6. The summed E-state index contributed by atoms with van der Waals surface area (Å²) < 4.78 is 0. The Hall–Kier alpha value is -1.22. The minimum absolute atomic E-state index is 0.901. The van der Waals surface area contributed by atoms with Crippen LogP contribution in [-0.4, -0.2) is 37.6 Å². The van der Waals surface area contributed by atoms with E-state index in [1.807, 2.05) is 6.07 Å². The van der Waals surface area contributed by atoms with Gasteiger partial charge in [0.2, 0.25) is 0 Å². The van der Waals surface area contributed by atoms with E-state index in [0.717, 1.165) is 11.6 Å². The molecule has 0 amide bonds. The smallest absolute Gasteiger partial charge is 0.0370 e. The van der Waals surface area contributed by atoms with Crippen LogP contribution in [0.25, 0.3) is 0 Å². The average Bonchev–Trinajstić information content (AvgIpc) is 2.96. The number of piperidine rings is 1. The summed E-state index contributed by atoms with van der Waals surface area (Å²) in [5, 5.41) is 0. The van der Waals surface area contributed by atoms with E-state index < -0.39 is 0 Å². The Bertz CT molecular complexity index is 444. The van der Waals surface area contributed by atoms with Crippen molar-refractivity contribution in [1.29, 1.82) is 0 Å². The largest absolute Gasteiger partial charge is 0.399 e. The Morgan fingerprint density at radius 1 is 1.10 bits per heavy atom. The van der Waals surface area contributed by atoms with Crippen LogP contribution in [0.2, 0.25) is 0 Å². The standard InChI is InChI=1S/C17H27N3/c1-14-12-16(4-5-17(14)18)20-10-6-15(7-11-20)13-19-8-2-3-9-19/h4-5,12,15H,2-3,6-11,13,18H2,1H3. The lowest BCUT2D eigenvalue weighted by atomic mass is 9.95. The molecule has 3 rings (SSSR count). The molecule has 2 aliphatic rings. The van der Waals surface area contributed by atoms with Crippen LogP contribution in [0.5, 0.6) is 0 Å². The fourth-order valence-corrected chi connectivity index (χ4v) is 3.56. The Morgan fingerprint density at radius 3 is 2.45 bits per heavy atom. The van der Waals surface area contributed by atoms with Crippen LogP contribution in [0.3, 0.4) is 0 Å². The number of anilines is 2. The quantitative estimate of drug-likeness (QED) is 0.860.